The maximum absolute atomic E-state index is 11.4. The van der Waals surface area contributed by atoms with Gasteiger partial charge in [0, 0.05) is 31.7 Å². The maximum Gasteiger partial charge on any atom is 0.314 e. The van der Waals surface area contributed by atoms with Crippen LogP contribution in [-0.2, 0) is 6.54 Å². The van der Waals surface area contributed by atoms with Crippen molar-refractivity contribution in [3.05, 3.63) is 23.8 Å². The van der Waals surface area contributed by atoms with Crippen LogP contribution in [0.3, 0.4) is 0 Å². The fourth-order valence-corrected chi connectivity index (χ4v) is 2.81. The van der Waals surface area contributed by atoms with Gasteiger partial charge in [-0.2, -0.15) is 0 Å². The van der Waals surface area contributed by atoms with Gasteiger partial charge in [0.25, 0.3) is 0 Å². The van der Waals surface area contributed by atoms with Gasteiger partial charge in [0.2, 0.25) is 0 Å². The van der Waals surface area contributed by atoms with E-state index in [0.29, 0.717) is 19.0 Å². The van der Waals surface area contributed by atoms with Gasteiger partial charge >= 0.3 is 6.03 Å². The summed E-state index contributed by atoms with van der Waals surface area (Å²) in [7, 11) is 1.64. The molecule has 2 amide bonds. The molecule has 1 unspecified atom stereocenters. The van der Waals surface area contributed by atoms with E-state index >= 15 is 0 Å². The Morgan fingerprint density at radius 2 is 2.27 bits per heavy atom. The van der Waals surface area contributed by atoms with Gasteiger partial charge in [0.15, 0.2) is 0 Å². The summed E-state index contributed by atoms with van der Waals surface area (Å²) in [5.74, 6) is 1.51. The molecule has 6 nitrogen and oxygen atoms in total. The molecule has 1 atom stereocenters. The Morgan fingerprint density at radius 1 is 1.45 bits per heavy atom. The second-order valence-corrected chi connectivity index (χ2v) is 5.63. The lowest BCUT2D eigenvalue weighted by atomic mass is 10.1. The van der Waals surface area contributed by atoms with Gasteiger partial charge in [-0.1, -0.05) is 0 Å². The van der Waals surface area contributed by atoms with Crippen LogP contribution in [0.4, 0.5) is 4.79 Å². The summed E-state index contributed by atoms with van der Waals surface area (Å²) >= 11 is 0. The number of benzene rings is 1. The van der Waals surface area contributed by atoms with Crippen LogP contribution in [0.25, 0.3) is 0 Å². The number of nitrogens with one attached hydrogen (secondary N) is 2. The Bertz CT molecular complexity index is 507. The molecule has 0 aromatic heterocycles. The molecule has 2 rings (SSSR count). The van der Waals surface area contributed by atoms with Gasteiger partial charge in [-0.3, -0.25) is 4.90 Å². The second-order valence-electron chi connectivity index (χ2n) is 5.63. The summed E-state index contributed by atoms with van der Waals surface area (Å²) in [5, 5.41) is 15.3. The quantitative estimate of drug-likeness (QED) is 0.745. The van der Waals surface area contributed by atoms with E-state index in [4.69, 9.17) is 4.74 Å². The molecular formula is C16H25N3O3. The molecule has 3 N–H and O–H groups in total. The van der Waals surface area contributed by atoms with Crippen molar-refractivity contribution in [2.24, 2.45) is 5.92 Å². The minimum absolute atomic E-state index is 0.101. The Hall–Kier alpha value is -1.95. The fourth-order valence-electron chi connectivity index (χ4n) is 2.81. The molecule has 0 spiro atoms. The predicted molar refractivity (Wildman–Crippen MR) is 85.1 cm³/mol. The number of rotatable bonds is 6. The molecule has 1 aromatic carbocycles. The van der Waals surface area contributed by atoms with E-state index in [1.54, 1.807) is 25.3 Å². The van der Waals surface area contributed by atoms with Crippen molar-refractivity contribution in [2.75, 3.05) is 33.3 Å². The normalized spacial score (nSPS) is 18.2. The molecule has 1 aromatic rings. The number of carbonyl (C=O) groups is 1. The zero-order chi connectivity index (χ0) is 15.9. The number of phenolic OH excluding ortho intramolecular Hbond substituents is 1. The van der Waals surface area contributed by atoms with Gasteiger partial charge in [-0.25, -0.2) is 4.79 Å². The van der Waals surface area contributed by atoms with Crippen molar-refractivity contribution in [1.29, 1.82) is 0 Å². The van der Waals surface area contributed by atoms with E-state index in [-0.39, 0.29) is 11.8 Å². The number of methoxy groups -OCH3 is 1. The zero-order valence-corrected chi connectivity index (χ0v) is 13.3. The summed E-state index contributed by atoms with van der Waals surface area (Å²) in [6.45, 7) is 5.90. The third-order valence-corrected chi connectivity index (χ3v) is 3.92. The minimum Gasteiger partial charge on any atom is -0.508 e. The van der Waals surface area contributed by atoms with Crippen LogP contribution in [0, 0.1) is 5.92 Å². The summed E-state index contributed by atoms with van der Waals surface area (Å²) < 4.78 is 5.34. The molecule has 1 fully saturated rings. The molecule has 0 aliphatic carbocycles. The summed E-state index contributed by atoms with van der Waals surface area (Å²) in [6.07, 6.45) is 1.06. The highest BCUT2D eigenvalue weighted by molar-refractivity contribution is 5.73. The predicted octanol–water partition coefficient (Wildman–Crippen LogP) is 1.54. The fraction of sp³-hybridized carbons (Fsp3) is 0.562. The Labute approximate surface area is 131 Å². The van der Waals surface area contributed by atoms with E-state index in [2.05, 4.69) is 15.5 Å². The van der Waals surface area contributed by atoms with E-state index in [0.717, 1.165) is 37.4 Å². The lowest BCUT2D eigenvalue weighted by Gasteiger charge is -2.18. The molecule has 22 heavy (non-hydrogen) atoms. The van der Waals surface area contributed by atoms with Crippen molar-refractivity contribution in [2.45, 2.75) is 19.9 Å². The first-order valence-corrected chi connectivity index (χ1v) is 7.72. The number of hydrogen-bond donors (Lipinski definition) is 3. The summed E-state index contributed by atoms with van der Waals surface area (Å²) in [5.41, 5.74) is 0.986. The third kappa shape index (κ3) is 4.53. The van der Waals surface area contributed by atoms with Gasteiger partial charge in [-0.15, -0.1) is 0 Å². The topological polar surface area (TPSA) is 73.8 Å². The van der Waals surface area contributed by atoms with Crippen molar-refractivity contribution in [1.82, 2.24) is 15.5 Å². The van der Waals surface area contributed by atoms with Gasteiger partial charge in [0.1, 0.15) is 11.5 Å². The molecule has 0 radical (unpaired) electrons. The number of phenols is 1. The lowest BCUT2D eigenvalue weighted by molar-refractivity contribution is 0.239. The number of urea groups is 1. The smallest absolute Gasteiger partial charge is 0.314 e. The average Bonchev–Trinajstić information content (AvgIpc) is 2.93. The molecule has 122 valence electrons. The molecule has 1 saturated heterocycles. The van der Waals surface area contributed by atoms with E-state index in [9.17, 15) is 9.90 Å². The number of aromatic hydroxyl groups is 1. The Kier molecular flexibility index (Phi) is 5.89. The van der Waals surface area contributed by atoms with Crippen LogP contribution in [0.1, 0.15) is 18.9 Å². The van der Waals surface area contributed by atoms with Crippen LogP contribution in [-0.4, -0.2) is 49.3 Å². The largest absolute Gasteiger partial charge is 0.508 e. The summed E-state index contributed by atoms with van der Waals surface area (Å²) in [4.78, 5) is 13.7. The zero-order valence-electron chi connectivity index (χ0n) is 13.3. The number of hydrogen-bond acceptors (Lipinski definition) is 4. The second kappa shape index (κ2) is 7.89. The number of nitrogens with zero attached hydrogens (tertiary/aromatic N) is 1. The maximum atomic E-state index is 11.4. The highest BCUT2D eigenvalue weighted by Crippen LogP contribution is 2.26. The monoisotopic (exact) mass is 307 g/mol. The van der Waals surface area contributed by atoms with Crippen LogP contribution >= 0.6 is 0 Å². The number of likely N-dealkylation sites (tertiary alicyclic amines) is 1. The molecule has 0 saturated carbocycles. The molecule has 1 aliphatic heterocycles. The highest BCUT2D eigenvalue weighted by Gasteiger charge is 2.23. The first-order chi connectivity index (χ1) is 10.6. The van der Waals surface area contributed by atoms with E-state index < -0.39 is 0 Å². The first kappa shape index (κ1) is 16.4. The molecule has 1 heterocycles. The van der Waals surface area contributed by atoms with Crippen LogP contribution in [0.5, 0.6) is 11.5 Å². The molecule has 0 bridgehead atoms. The lowest BCUT2D eigenvalue weighted by Crippen LogP contribution is -2.38. The van der Waals surface area contributed by atoms with E-state index in [1.165, 1.54) is 0 Å². The number of carbonyl (C=O) groups excluding carboxylic acids is 1. The standard InChI is InChI=1S/C16H25N3O3/c1-3-17-16(21)18-9-12-6-7-19(10-12)11-13-8-14(20)4-5-15(13)22-2/h4-5,8,12,20H,3,6-7,9-11H2,1-2H3,(H2,17,18,21). The Morgan fingerprint density at radius 3 is 3.00 bits per heavy atom. The van der Waals surface area contributed by atoms with E-state index in [1.807, 2.05) is 6.92 Å². The van der Waals surface area contributed by atoms with Gasteiger partial charge < -0.3 is 20.5 Å². The average molecular weight is 307 g/mol. The van der Waals surface area contributed by atoms with Crippen LogP contribution < -0.4 is 15.4 Å². The SMILES string of the molecule is CCNC(=O)NCC1CCN(Cc2cc(O)ccc2OC)C1. The van der Waals surface area contributed by atoms with Crippen LogP contribution in [0.15, 0.2) is 18.2 Å². The van der Waals surface area contributed by atoms with Crippen molar-refractivity contribution in [3.8, 4) is 11.5 Å². The summed E-state index contributed by atoms with van der Waals surface area (Å²) in [6, 6.07) is 5.06. The van der Waals surface area contributed by atoms with Crippen LogP contribution in [0.2, 0.25) is 0 Å². The minimum atomic E-state index is -0.101. The Balaban J connectivity index is 1.83. The number of ether oxygens (including phenoxy) is 1. The first-order valence-electron chi connectivity index (χ1n) is 7.72. The van der Waals surface area contributed by atoms with Crippen molar-refractivity contribution < 1.29 is 14.6 Å². The molecule has 1 aliphatic rings. The van der Waals surface area contributed by atoms with Gasteiger partial charge in [0.05, 0.1) is 7.11 Å². The molecule has 6 heteroatoms. The van der Waals surface area contributed by atoms with Gasteiger partial charge in [-0.05, 0) is 44.0 Å². The number of amides is 2. The highest BCUT2D eigenvalue weighted by atomic mass is 16.5. The third-order valence-electron chi connectivity index (χ3n) is 3.92. The van der Waals surface area contributed by atoms with Crippen molar-refractivity contribution >= 4 is 6.03 Å². The molecular weight excluding hydrogens is 282 g/mol. The van der Waals surface area contributed by atoms with Crippen molar-refractivity contribution in [3.63, 3.8) is 0 Å².